The molecule has 7 nitrogen and oxygen atoms in total. The van der Waals surface area contributed by atoms with E-state index in [0.29, 0.717) is 6.42 Å². The Bertz CT molecular complexity index is 1360. The molecule has 0 aliphatic carbocycles. The Morgan fingerprint density at radius 1 is 0.919 bits per heavy atom. The summed E-state index contributed by atoms with van der Waals surface area (Å²) in [6.45, 7) is 7.54. The number of benzene rings is 3. The van der Waals surface area contributed by atoms with Crippen LogP contribution >= 0.6 is 0 Å². The molecule has 198 valence electrons. The SMILES string of the molecule is CC[C@H](C)NC(=O)[C@H](CC)N(Cc1ccccc1C)C(=O)CN(C)S(=O)(=O)c1ccc2ccccc2c1. The summed E-state index contributed by atoms with van der Waals surface area (Å²) >= 11 is 0. The molecule has 0 aliphatic rings. The molecular formula is C29H37N3O4S. The van der Waals surface area contributed by atoms with Gasteiger partial charge < -0.3 is 10.2 Å². The first-order chi connectivity index (χ1) is 17.6. The van der Waals surface area contributed by atoms with E-state index in [0.717, 1.165) is 32.6 Å². The molecule has 3 aromatic carbocycles. The summed E-state index contributed by atoms with van der Waals surface area (Å²) in [6.07, 6.45) is 1.17. The van der Waals surface area contributed by atoms with E-state index < -0.39 is 22.0 Å². The number of sulfonamides is 1. The highest BCUT2D eigenvalue weighted by Crippen LogP contribution is 2.22. The fraction of sp³-hybridized carbons (Fsp3) is 0.379. The topological polar surface area (TPSA) is 86.8 Å². The summed E-state index contributed by atoms with van der Waals surface area (Å²) in [7, 11) is -2.53. The third-order valence-electron chi connectivity index (χ3n) is 6.78. The minimum atomic E-state index is -3.93. The zero-order valence-electron chi connectivity index (χ0n) is 22.3. The summed E-state index contributed by atoms with van der Waals surface area (Å²) in [4.78, 5) is 28.4. The number of rotatable bonds is 11. The number of fused-ring (bicyclic) bond motifs is 1. The van der Waals surface area contributed by atoms with Crippen LogP contribution in [0.15, 0.2) is 71.6 Å². The number of nitrogens with zero attached hydrogens (tertiary/aromatic N) is 2. The van der Waals surface area contributed by atoms with Crippen molar-refractivity contribution in [3.05, 3.63) is 77.9 Å². The van der Waals surface area contributed by atoms with Crippen molar-refractivity contribution in [2.24, 2.45) is 0 Å². The highest BCUT2D eigenvalue weighted by Gasteiger charge is 2.32. The van der Waals surface area contributed by atoms with Gasteiger partial charge in [0.05, 0.1) is 11.4 Å². The second kappa shape index (κ2) is 12.3. The number of amides is 2. The standard InChI is InChI=1S/C29H37N3O4S/c1-6-22(4)30-29(34)27(7-2)32(19-25-15-9-8-12-21(25)3)28(33)20-31(5)37(35,36)26-17-16-23-13-10-11-14-24(23)18-26/h8-18,22,27H,6-7,19-20H2,1-5H3,(H,30,34)/t22-,27-/m0/s1. The molecular weight excluding hydrogens is 486 g/mol. The molecule has 2 atom stereocenters. The van der Waals surface area contributed by atoms with Gasteiger partial charge in [0.15, 0.2) is 0 Å². The third kappa shape index (κ3) is 6.76. The average Bonchev–Trinajstić information content (AvgIpc) is 2.89. The monoisotopic (exact) mass is 523 g/mol. The van der Waals surface area contributed by atoms with Gasteiger partial charge in [-0.2, -0.15) is 4.31 Å². The zero-order chi connectivity index (χ0) is 27.2. The minimum absolute atomic E-state index is 0.0343. The summed E-state index contributed by atoms with van der Waals surface area (Å²) in [5.41, 5.74) is 1.90. The van der Waals surface area contributed by atoms with Crippen LogP contribution < -0.4 is 5.32 Å². The maximum Gasteiger partial charge on any atom is 0.243 e. The molecule has 0 bridgehead atoms. The molecule has 0 saturated heterocycles. The van der Waals surface area contributed by atoms with Gasteiger partial charge in [-0.05, 0) is 60.7 Å². The van der Waals surface area contributed by atoms with Crippen molar-refractivity contribution < 1.29 is 18.0 Å². The molecule has 0 radical (unpaired) electrons. The Kier molecular flexibility index (Phi) is 9.45. The lowest BCUT2D eigenvalue weighted by Crippen LogP contribution is -2.53. The van der Waals surface area contributed by atoms with Gasteiger partial charge in [0, 0.05) is 19.6 Å². The average molecular weight is 524 g/mol. The maximum atomic E-state index is 13.7. The number of likely N-dealkylation sites (N-methyl/N-ethyl adjacent to an activating group) is 1. The molecule has 37 heavy (non-hydrogen) atoms. The maximum absolute atomic E-state index is 13.7. The number of hydrogen-bond acceptors (Lipinski definition) is 4. The lowest BCUT2D eigenvalue weighted by Gasteiger charge is -2.33. The molecule has 0 fully saturated rings. The third-order valence-corrected chi connectivity index (χ3v) is 8.58. The van der Waals surface area contributed by atoms with E-state index in [1.54, 1.807) is 18.2 Å². The molecule has 0 aliphatic heterocycles. The van der Waals surface area contributed by atoms with Gasteiger partial charge >= 0.3 is 0 Å². The Balaban J connectivity index is 1.89. The fourth-order valence-electron chi connectivity index (χ4n) is 4.21. The van der Waals surface area contributed by atoms with E-state index in [2.05, 4.69) is 5.32 Å². The summed E-state index contributed by atoms with van der Waals surface area (Å²) in [6, 6.07) is 19.4. The van der Waals surface area contributed by atoms with E-state index in [1.807, 2.05) is 76.2 Å². The second-order valence-corrected chi connectivity index (χ2v) is 11.5. The number of aryl methyl sites for hydroxylation is 1. The first-order valence-electron chi connectivity index (χ1n) is 12.7. The number of nitrogens with one attached hydrogen (secondary N) is 1. The molecule has 3 rings (SSSR count). The van der Waals surface area contributed by atoms with Gasteiger partial charge in [-0.25, -0.2) is 8.42 Å². The summed E-state index contributed by atoms with van der Waals surface area (Å²) in [5, 5.41) is 4.71. The number of hydrogen-bond donors (Lipinski definition) is 1. The van der Waals surface area contributed by atoms with Crippen molar-refractivity contribution in [3.8, 4) is 0 Å². The van der Waals surface area contributed by atoms with E-state index in [9.17, 15) is 18.0 Å². The van der Waals surface area contributed by atoms with Crippen molar-refractivity contribution in [2.45, 2.75) is 64.1 Å². The van der Waals surface area contributed by atoms with Crippen LogP contribution in [-0.2, 0) is 26.2 Å². The smallest absolute Gasteiger partial charge is 0.243 e. The Morgan fingerprint density at radius 3 is 2.22 bits per heavy atom. The van der Waals surface area contributed by atoms with Crippen molar-refractivity contribution >= 4 is 32.6 Å². The fourth-order valence-corrected chi connectivity index (χ4v) is 5.36. The largest absolute Gasteiger partial charge is 0.352 e. The number of carbonyl (C=O) groups is 2. The van der Waals surface area contributed by atoms with E-state index in [4.69, 9.17) is 0 Å². The molecule has 2 amide bonds. The van der Waals surface area contributed by atoms with Gasteiger partial charge in [-0.1, -0.05) is 68.4 Å². The van der Waals surface area contributed by atoms with Gasteiger partial charge in [0.1, 0.15) is 6.04 Å². The lowest BCUT2D eigenvalue weighted by molar-refractivity contribution is -0.141. The van der Waals surface area contributed by atoms with Gasteiger partial charge in [-0.15, -0.1) is 0 Å². The highest BCUT2D eigenvalue weighted by molar-refractivity contribution is 7.89. The molecule has 8 heteroatoms. The molecule has 0 heterocycles. The van der Waals surface area contributed by atoms with Crippen molar-refractivity contribution in [2.75, 3.05) is 13.6 Å². The Morgan fingerprint density at radius 2 is 1.57 bits per heavy atom. The first-order valence-corrected chi connectivity index (χ1v) is 14.1. The quantitative estimate of drug-likeness (QED) is 0.401. The van der Waals surface area contributed by atoms with Crippen LogP contribution in [0.25, 0.3) is 10.8 Å². The molecule has 0 aromatic heterocycles. The van der Waals surface area contributed by atoms with E-state index >= 15 is 0 Å². The lowest BCUT2D eigenvalue weighted by atomic mass is 10.1. The van der Waals surface area contributed by atoms with E-state index in [1.165, 1.54) is 11.9 Å². The zero-order valence-corrected chi connectivity index (χ0v) is 23.1. The predicted molar refractivity (Wildman–Crippen MR) is 147 cm³/mol. The van der Waals surface area contributed by atoms with Crippen LogP contribution in [0.4, 0.5) is 0 Å². The van der Waals surface area contributed by atoms with E-state index in [-0.39, 0.29) is 29.9 Å². The summed E-state index contributed by atoms with van der Waals surface area (Å²) < 4.78 is 27.8. The van der Waals surface area contributed by atoms with Crippen LogP contribution in [-0.4, -0.2) is 55.1 Å². The highest BCUT2D eigenvalue weighted by atomic mass is 32.2. The van der Waals surface area contributed by atoms with Crippen molar-refractivity contribution in [3.63, 3.8) is 0 Å². The van der Waals surface area contributed by atoms with Gasteiger partial charge in [0.25, 0.3) is 0 Å². The van der Waals surface area contributed by atoms with Gasteiger partial charge in [-0.3, -0.25) is 9.59 Å². The second-order valence-electron chi connectivity index (χ2n) is 9.46. The number of carbonyl (C=O) groups excluding carboxylic acids is 2. The predicted octanol–water partition coefficient (Wildman–Crippen LogP) is 4.49. The molecule has 1 N–H and O–H groups in total. The van der Waals surface area contributed by atoms with Crippen LogP contribution in [0.5, 0.6) is 0 Å². The molecule has 0 unspecified atom stereocenters. The van der Waals surface area contributed by atoms with Crippen LogP contribution in [0.3, 0.4) is 0 Å². The van der Waals surface area contributed by atoms with Crippen LogP contribution in [0.1, 0.15) is 44.7 Å². The molecule has 3 aromatic rings. The normalized spacial score (nSPS) is 13.4. The summed E-state index contributed by atoms with van der Waals surface area (Å²) in [5.74, 6) is -0.667. The van der Waals surface area contributed by atoms with Crippen molar-refractivity contribution in [1.82, 2.24) is 14.5 Å². The van der Waals surface area contributed by atoms with Crippen LogP contribution in [0.2, 0.25) is 0 Å². The molecule has 0 spiro atoms. The Labute approximate surface area is 220 Å². The Hall–Kier alpha value is -3.23. The minimum Gasteiger partial charge on any atom is -0.352 e. The van der Waals surface area contributed by atoms with Crippen molar-refractivity contribution in [1.29, 1.82) is 0 Å². The molecule has 0 saturated carbocycles. The van der Waals surface area contributed by atoms with Crippen LogP contribution in [0, 0.1) is 6.92 Å². The first kappa shape index (κ1) is 28.3. The van der Waals surface area contributed by atoms with Gasteiger partial charge in [0.2, 0.25) is 21.8 Å².